The van der Waals surface area contributed by atoms with E-state index in [2.05, 4.69) is 20.2 Å². The number of para-hydroxylation sites is 1. The van der Waals surface area contributed by atoms with Crippen molar-refractivity contribution >= 4 is 15.8 Å². The molecule has 13 heteroatoms. The molecule has 0 aliphatic carbocycles. The first-order valence-electron chi connectivity index (χ1n) is 12.1. The highest BCUT2D eigenvalue weighted by molar-refractivity contribution is 7.91. The molecule has 2 aromatic heterocycles. The number of sulfone groups is 1. The van der Waals surface area contributed by atoms with E-state index in [-0.39, 0.29) is 31.3 Å². The molecule has 0 bridgehead atoms. The van der Waals surface area contributed by atoms with E-state index in [0.29, 0.717) is 28.6 Å². The first kappa shape index (κ1) is 26.5. The van der Waals surface area contributed by atoms with Gasteiger partial charge in [0.1, 0.15) is 22.9 Å². The van der Waals surface area contributed by atoms with Gasteiger partial charge in [-0.1, -0.05) is 36.4 Å². The molecule has 3 heterocycles. The summed E-state index contributed by atoms with van der Waals surface area (Å²) < 4.78 is 53.7. The summed E-state index contributed by atoms with van der Waals surface area (Å²) in [5.41, 5.74) is 1.18. The van der Waals surface area contributed by atoms with Crippen molar-refractivity contribution in [3.8, 4) is 28.6 Å². The van der Waals surface area contributed by atoms with Gasteiger partial charge in [0.05, 0.1) is 38.0 Å². The summed E-state index contributed by atoms with van der Waals surface area (Å²) in [7, 11) is -0.872. The van der Waals surface area contributed by atoms with E-state index in [9.17, 15) is 17.9 Å². The molecule has 0 amide bonds. The highest BCUT2D eigenvalue weighted by Crippen LogP contribution is 2.37. The number of aliphatic hydroxyl groups is 1. The average Bonchev–Trinajstić information content (AvgIpc) is 3.35. The number of rotatable bonds is 8. The van der Waals surface area contributed by atoms with Crippen molar-refractivity contribution in [1.29, 1.82) is 0 Å². The summed E-state index contributed by atoms with van der Waals surface area (Å²) in [5, 5.41) is 18.2. The molecule has 2 aromatic carbocycles. The second-order valence-electron chi connectivity index (χ2n) is 9.08. The highest BCUT2D eigenvalue weighted by atomic mass is 32.2. The van der Waals surface area contributed by atoms with Gasteiger partial charge in [0, 0.05) is 18.7 Å². The Hall–Kier alpha value is -4.10. The number of methoxy groups -OCH3 is 2. The third-order valence-corrected chi connectivity index (χ3v) is 8.52. The number of hydrogen-bond acceptors (Lipinski definition) is 10. The summed E-state index contributed by atoms with van der Waals surface area (Å²) in [6, 6.07) is 14.5. The summed E-state index contributed by atoms with van der Waals surface area (Å²) in [5.74, 6) is 0.513. The number of benzene rings is 2. The molecule has 11 nitrogen and oxygen atoms in total. The fourth-order valence-corrected chi connectivity index (χ4v) is 6.39. The zero-order valence-electron chi connectivity index (χ0n) is 21.3. The molecule has 0 spiro atoms. The third-order valence-electron chi connectivity index (χ3n) is 6.51. The predicted molar refractivity (Wildman–Crippen MR) is 141 cm³/mol. The number of aromatic nitrogens is 5. The maximum atomic E-state index is 13.8. The number of nitrogens with zero attached hydrogens (tertiary/aromatic N) is 6. The van der Waals surface area contributed by atoms with Gasteiger partial charge >= 0.3 is 0 Å². The zero-order valence-corrected chi connectivity index (χ0v) is 22.1. The second kappa shape index (κ2) is 10.9. The van der Waals surface area contributed by atoms with Crippen LogP contribution in [0.2, 0.25) is 0 Å². The van der Waals surface area contributed by atoms with Gasteiger partial charge in [-0.25, -0.2) is 22.8 Å². The fraction of sp³-hybridized carbons (Fsp3) is 0.308. The van der Waals surface area contributed by atoms with Gasteiger partial charge in [0.25, 0.3) is 0 Å². The number of halogens is 1. The molecule has 39 heavy (non-hydrogen) atoms. The Kier molecular flexibility index (Phi) is 7.44. The molecular weight excluding hydrogens is 527 g/mol. The lowest BCUT2D eigenvalue weighted by atomic mass is 10.1. The van der Waals surface area contributed by atoms with Crippen molar-refractivity contribution in [2.75, 3.05) is 32.2 Å². The van der Waals surface area contributed by atoms with Crippen LogP contribution >= 0.6 is 0 Å². The van der Waals surface area contributed by atoms with Crippen molar-refractivity contribution in [3.63, 3.8) is 0 Å². The topological polar surface area (TPSA) is 133 Å². The molecule has 1 aliphatic heterocycles. The average molecular weight is 555 g/mol. The van der Waals surface area contributed by atoms with Crippen LogP contribution in [0.3, 0.4) is 0 Å². The number of piperidine rings is 1. The van der Waals surface area contributed by atoms with Crippen LogP contribution in [0, 0.1) is 5.82 Å². The van der Waals surface area contributed by atoms with Crippen molar-refractivity contribution in [3.05, 3.63) is 72.6 Å². The van der Waals surface area contributed by atoms with Gasteiger partial charge in [-0.3, -0.25) is 4.57 Å². The van der Waals surface area contributed by atoms with Crippen LogP contribution in [-0.4, -0.2) is 76.9 Å². The standard InChI is InChI=1S/C26H27FN6O5S/c1-37-21-9-6-10-22(38-2)24(21)33-23(30-31-25(33)17-7-4-3-5-8-17)16-39(35,36)20-11-19(34)14-32(15-20)26-28-12-18(27)13-29-26/h3-10,12-13,19-20,34H,11,14-16H2,1-2H3/t19-,20+/m0/s1. The minimum absolute atomic E-state index is 0.0255. The zero-order chi connectivity index (χ0) is 27.6. The smallest absolute Gasteiger partial charge is 0.225 e. The van der Waals surface area contributed by atoms with E-state index in [1.165, 1.54) is 14.2 Å². The molecule has 1 saturated heterocycles. The molecular formula is C26H27FN6O5S. The van der Waals surface area contributed by atoms with Gasteiger partial charge in [0.2, 0.25) is 5.95 Å². The molecule has 1 fully saturated rings. The van der Waals surface area contributed by atoms with Crippen molar-refractivity contribution in [2.45, 2.75) is 23.5 Å². The Morgan fingerprint density at radius 2 is 1.64 bits per heavy atom. The lowest BCUT2D eigenvalue weighted by molar-refractivity contribution is 0.154. The monoisotopic (exact) mass is 554 g/mol. The second-order valence-corrected chi connectivity index (χ2v) is 11.4. The molecule has 1 N–H and O–H groups in total. The Labute approximate surface area is 224 Å². The van der Waals surface area contributed by atoms with Gasteiger partial charge in [-0.15, -0.1) is 10.2 Å². The molecule has 5 rings (SSSR count). The van der Waals surface area contributed by atoms with E-state index in [1.807, 2.05) is 30.3 Å². The quantitative estimate of drug-likeness (QED) is 0.346. The van der Waals surface area contributed by atoms with E-state index in [4.69, 9.17) is 9.47 Å². The predicted octanol–water partition coefficient (Wildman–Crippen LogP) is 2.44. The van der Waals surface area contributed by atoms with Crippen LogP contribution in [0.4, 0.5) is 10.3 Å². The molecule has 0 saturated carbocycles. The minimum Gasteiger partial charge on any atom is -0.494 e. The van der Waals surface area contributed by atoms with E-state index in [0.717, 1.165) is 12.4 Å². The fourth-order valence-electron chi connectivity index (χ4n) is 4.69. The molecule has 4 aromatic rings. The van der Waals surface area contributed by atoms with Gasteiger partial charge < -0.3 is 19.5 Å². The van der Waals surface area contributed by atoms with Gasteiger partial charge in [-0.05, 0) is 18.6 Å². The van der Waals surface area contributed by atoms with Gasteiger partial charge in [0.15, 0.2) is 27.3 Å². The molecule has 0 radical (unpaired) electrons. The van der Waals surface area contributed by atoms with E-state index in [1.54, 1.807) is 27.7 Å². The molecule has 204 valence electrons. The van der Waals surface area contributed by atoms with Crippen LogP contribution in [0.5, 0.6) is 11.5 Å². The van der Waals surface area contributed by atoms with Crippen molar-refractivity contribution < 1.29 is 27.4 Å². The SMILES string of the molecule is COc1cccc(OC)c1-n1c(CS(=O)(=O)[C@@H]2C[C@H](O)CN(c3ncc(F)cn3)C2)nnc1-c1ccccc1. The number of hydrogen-bond donors (Lipinski definition) is 1. The summed E-state index contributed by atoms with van der Waals surface area (Å²) in [4.78, 5) is 9.43. The number of anilines is 1. The van der Waals surface area contributed by atoms with E-state index < -0.39 is 32.8 Å². The molecule has 0 unspecified atom stereocenters. The van der Waals surface area contributed by atoms with Crippen LogP contribution < -0.4 is 14.4 Å². The maximum absolute atomic E-state index is 13.8. The van der Waals surface area contributed by atoms with E-state index >= 15 is 0 Å². The first-order chi connectivity index (χ1) is 18.8. The highest BCUT2D eigenvalue weighted by Gasteiger charge is 2.37. The molecule has 2 atom stereocenters. The number of ether oxygens (including phenoxy) is 2. The maximum Gasteiger partial charge on any atom is 0.225 e. The summed E-state index contributed by atoms with van der Waals surface area (Å²) in [6.45, 7) is 0.160. The minimum atomic E-state index is -3.89. The first-order valence-corrected chi connectivity index (χ1v) is 13.9. The summed E-state index contributed by atoms with van der Waals surface area (Å²) >= 11 is 0. The van der Waals surface area contributed by atoms with Crippen molar-refractivity contribution in [2.24, 2.45) is 0 Å². The Morgan fingerprint density at radius 3 is 2.28 bits per heavy atom. The van der Waals surface area contributed by atoms with Crippen LogP contribution in [0.1, 0.15) is 12.2 Å². The third kappa shape index (κ3) is 5.40. The molecule has 1 aliphatic rings. The van der Waals surface area contributed by atoms with Crippen LogP contribution in [-0.2, 0) is 15.6 Å². The number of aliphatic hydroxyl groups excluding tert-OH is 1. The summed E-state index contributed by atoms with van der Waals surface area (Å²) in [6.07, 6.45) is 1.08. The van der Waals surface area contributed by atoms with Crippen LogP contribution in [0.25, 0.3) is 17.1 Å². The Bertz CT molecular complexity index is 1530. The normalized spacial score (nSPS) is 17.7. The van der Waals surface area contributed by atoms with Crippen molar-refractivity contribution in [1.82, 2.24) is 24.7 Å². The van der Waals surface area contributed by atoms with Gasteiger partial charge in [-0.2, -0.15) is 0 Å². The Morgan fingerprint density at radius 1 is 0.974 bits per heavy atom. The lowest BCUT2D eigenvalue weighted by Crippen LogP contribution is -2.49. The largest absolute Gasteiger partial charge is 0.494 e. The number of β-amino-alcohol motifs (C(OH)–C–C–N with tert-alkyl or cyclic N) is 1. The lowest BCUT2D eigenvalue weighted by Gasteiger charge is -2.35. The van der Waals surface area contributed by atoms with Crippen LogP contribution in [0.15, 0.2) is 60.9 Å². The Balaban J connectivity index is 1.55.